The number of benzene rings is 1. The first kappa shape index (κ1) is 13.1. The Morgan fingerprint density at radius 2 is 2.06 bits per heavy atom. The normalized spacial score (nSPS) is 12.6. The van der Waals surface area contributed by atoms with Crippen LogP contribution in [0.15, 0.2) is 35.3 Å². The highest BCUT2D eigenvalue weighted by atomic mass is 15.2. The van der Waals surface area contributed by atoms with Gasteiger partial charge < -0.3 is 10.6 Å². The fraction of sp³-hybridized carbons (Fsp3) is 0.357. The third-order valence-corrected chi connectivity index (χ3v) is 2.53. The summed E-state index contributed by atoms with van der Waals surface area (Å²) in [5.74, 6) is 3.69. The van der Waals surface area contributed by atoms with Crippen LogP contribution < -0.4 is 10.6 Å². The van der Waals surface area contributed by atoms with Gasteiger partial charge in [0.25, 0.3) is 0 Å². The smallest absolute Gasteiger partial charge is 0.191 e. The van der Waals surface area contributed by atoms with E-state index in [9.17, 15) is 0 Å². The van der Waals surface area contributed by atoms with Gasteiger partial charge in [-0.1, -0.05) is 43.2 Å². The number of hydrogen-bond acceptors (Lipinski definition) is 1. The average molecular weight is 229 g/mol. The lowest BCUT2D eigenvalue weighted by Gasteiger charge is -2.15. The van der Waals surface area contributed by atoms with Crippen LogP contribution in [0.2, 0.25) is 0 Å². The summed E-state index contributed by atoms with van der Waals surface area (Å²) in [6.45, 7) is 3.49. The van der Waals surface area contributed by atoms with Crippen LogP contribution in [-0.4, -0.2) is 26.1 Å². The van der Waals surface area contributed by atoms with Gasteiger partial charge in [0.05, 0.1) is 6.54 Å². The van der Waals surface area contributed by atoms with Crippen LogP contribution in [0.5, 0.6) is 0 Å². The van der Waals surface area contributed by atoms with E-state index in [0.29, 0.717) is 12.5 Å². The largest absolute Gasteiger partial charge is 0.356 e. The Morgan fingerprint density at radius 1 is 1.35 bits per heavy atom. The second kappa shape index (κ2) is 7.34. The van der Waals surface area contributed by atoms with Gasteiger partial charge in [-0.25, -0.2) is 0 Å². The molecule has 0 radical (unpaired) electrons. The Kier molecular flexibility index (Phi) is 5.67. The third kappa shape index (κ3) is 4.60. The van der Waals surface area contributed by atoms with Crippen LogP contribution >= 0.6 is 0 Å². The Morgan fingerprint density at radius 3 is 2.65 bits per heavy atom. The van der Waals surface area contributed by atoms with Crippen molar-refractivity contribution in [1.29, 1.82) is 0 Å². The fourth-order valence-corrected chi connectivity index (χ4v) is 1.50. The lowest BCUT2D eigenvalue weighted by atomic mass is 10.0. The van der Waals surface area contributed by atoms with Gasteiger partial charge in [0.15, 0.2) is 5.96 Å². The average Bonchev–Trinajstić information content (AvgIpc) is 2.39. The van der Waals surface area contributed by atoms with Gasteiger partial charge in [0, 0.05) is 13.6 Å². The van der Waals surface area contributed by atoms with Crippen molar-refractivity contribution in [2.45, 2.75) is 12.8 Å². The molecule has 0 saturated carbocycles. The molecule has 1 aromatic rings. The molecule has 0 aliphatic rings. The quantitative estimate of drug-likeness (QED) is 0.467. The van der Waals surface area contributed by atoms with E-state index < -0.39 is 0 Å². The molecule has 3 heteroatoms. The highest BCUT2D eigenvalue weighted by Gasteiger charge is 2.05. The van der Waals surface area contributed by atoms with Crippen molar-refractivity contribution >= 4 is 5.96 Å². The summed E-state index contributed by atoms with van der Waals surface area (Å²) in [5.41, 5.74) is 1.31. The zero-order chi connectivity index (χ0) is 12.5. The molecule has 17 heavy (non-hydrogen) atoms. The summed E-state index contributed by atoms with van der Waals surface area (Å²) in [7, 11) is 1.74. The number of rotatable bonds is 4. The first-order chi connectivity index (χ1) is 8.27. The Bertz CT molecular complexity index is 390. The van der Waals surface area contributed by atoms with Gasteiger partial charge in [0.2, 0.25) is 0 Å². The van der Waals surface area contributed by atoms with E-state index in [1.807, 2.05) is 6.07 Å². The molecule has 0 amide bonds. The van der Waals surface area contributed by atoms with Crippen LogP contribution in [0, 0.1) is 12.3 Å². The monoisotopic (exact) mass is 229 g/mol. The van der Waals surface area contributed by atoms with Crippen molar-refractivity contribution in [3.8, 4) is 12.3 Å². The molecule has 1 atom stereocenters. The predicted octanol–water partition coefficient (Wildman–Crippen LogP) is 1.59. The van der Waals surface area contributed by atoms with Gasteiger partial charge in [-0.15, -0.1) is 6.42 Å². The lowest BCUT2D eigenvalue weighted by molar-refractivity contribution is 0.706. The van der Waals surface area contributed by atoms with Crippen molar-refractivity contribution in [1.82, 2.24) is 10.6 Å². The van der Waals surface area contributed by atoms with Crippen molar-refractivity contribution < 1.29 is 0 Å². The molecule has 0 bridgehead atoms. The van der Waals surface area contributed by atoms with Gasteiger partial charge in [-0.2, -0.15) is 0 Å². The van der Waals surface area contributed by atoms with E-state index in [-0.39, 0.29) is 0 Å². The molecule has 1 unspecified atom stereocenters. The van der Waals surface area contributed by atoms with E-state index in [0.717, 1.165) is 12.5 Å². The Balaban J connectivity index is 2.42. The first-order valence-electron chi connectivity index (χ1n) is 5.71. The minimum atomic E-state index is 0.431. The van der Waals surface area contributed by atoms with Crippen molar-refractivity contribution in [3.05, 3.63) is 35.9 Å². The topological polar surface area (TPSA) is 36.4 Å². The van der Waals surface area contributed by atoms with Crippen molar-refractivity contribution in [3.63, 3.8) is 0 Å². The van der Waals surface area contributed by atoms with Gasteiger partial charge >= 0.3 is 0 Å². The third-order valence-electron chi connectivity index (χ3n) is 2.53. The van der Waals surface area contributed by atoms with E-state index in [4.69, 9.17) is 6.42 Å². The maximum atomic E-state index is 5.18. The molecule has 0 aromatic heterocycles. The van der Waals surface area contributed by atoms with Crippen molar-refractivity contribution in [2.24, 2.45) is 4.99 Å². The number of terminal acetylenes is 1. The Hall–Kier alpha value is -1.95. The predicted molar refractivity (Wildman–Crippen MR) is 73.1 cm³/mol. The number of nitrogens with one attached hydrogen (secondary N) is 2. The number of nitrogens with zero attached hydrogens (tertiary/aromatic N) is 1. The molecule has 1 rings (SSSR count). The minimum Gasteiger partial charge on any atom is -0.356 e. The molecule has 0 aliphatic carbocycles. The summed E-state index contributed by atoms with van der Waals surface area (Å²) in [6.07, 6.45) is 5.18. The van der Waals surface area contributed by atoms with Crippen LogP contribution in [-0.2, 0) is 0 Å². The zero-order valence-corrected chi connectivity index (χ0v) is 10.4. The van der Waals surface area contributed by atoms with Crippen LogP contribution in [0.3, 0.4) is 0 Å². The van der Waals surface area contributed by atoms with Gasteiger partial charge in [0.1, 0.15) is 0 Å². The van der Waals surface area contributed by atoms with E-state index in [1.54, 1.807) is 7.05 Å². The minimum absolute atomic E-state index is 0.431. The Labute approximate surface area is 103 Å². The summed E-state index contributed by atoms with van der Waals surface area (Å²) >= 11 is 0. The summed E-state index contributed by atoms with van der Waals surface area (Å²) < 4.78 is 0. The van der Waals surface area contributed by atoms with E-state index in [1.165, 1.54) is 5.56 Å². The molecular formula is C14H19N3. The molecule has 0 heterocycles. The van der Waals surface area contributed by atoms with E-state index in [2.05, 4.69) is 52.7 Å². The summed E-state index contributed by atoms with van der Waals surface area (Å²) in [5, 5.41) is 6.27. The number of hydrogen-bond donors (Lipinski definition) is 2. The second-order valence-corrected chi connectivity index (χ2v) is 3.82. The molecule has 90 valence electrons. The molecule has 1 aromatic carbocycles. The van der Waals surface area contributed by atoms with Crippen LogP contribution in [0.4, 0.5) is 0 Å². The SMILES string of the molecule is C#CCNC(=NC)NCC(C)c1ccccc1. The maximum Gasteiger partial charge on any atom is 0.191 e. The van der Waals surface area contributed by atoms with Gasteiger partial charge in [-0.3, -0.25) is 4.99 Å². The number of aliphatic imine (C=N–C) groups is 1. The van der Waals surface area contributed by atoms with Crippen LogP contribution in [0.25, 0.3) is 0 Å². The first-order valence-corrected chi connectivity index (χ1v) is 5.71. The zero-order valence-electron chi connectivity index (χ0n) is 10.4. The highest BCUT2D eigenvalue weighted by Crippen LogP contribution is 2.12. The van der Waals surface area contributed by atoms with Crippen LogP contribution in [0.1, 0.15) is 18.4 Å². The van der Waals surface area contributed by atoms with Crippen molar-refractivity contribution in [2.75, 3.05) is 20.1 Å². The molecule has 0 fully saturated rings. The standard InChI is InChI=1S/C14H19N3/c1-4-10-16-14(15-3)17-11-12(2)13-8-6-5-7-9-13/h1,5-9,12H,10-11H2,2-3H3,(H2,15,16,17). The molecule has 0 aliphatic heterocycles. The maximum absolute atomic E-state index is 5.18. The molecule has 0 saturated heterocycles. The summed E-state index contributed by atoms with van der Waals surface area (Å²) in [4.78, 5) is 4.09. The summed E-state index contributed by atoms with van der Waals surface area (Å²) in [6, 6.07) is 10.4. The van der Waals surface area contributed by atoms with Gasteiger partial charge in [-0.05, 0) is 11.5 Å². The lowest BCUT2D eigenvalue weighted by Crippen LogP contribution is -2.39. The second-order valence-electron chi connectivity index (χ2n) is 3.82. The molecule has 2 N–H and O–H groups in total. The van der Waals surface area contributed by atoms with E-state index >= 15 is 0 Å². The molecular weight excluding hydrogens is 210 g/mol. The molecule has 3 nitrogen and oxygen atoms in total. The fourth-order valence-electron chi connectivity index (χ4n) is 1.50. The molecule has 0 spiro atoms. The number of guanidine groups is 1. The highest BCUT2D eigenvalue weighted by molar-refractivity contribution is 5.79.